The van der Waals surface area contributed by atoms with Crippen LogP contribution in [0.1, 0.15) is 35.7 Å². The first-order valence-corrected chi connectivity index (χ1v) is 16.1. The van der Waals surface area contributed by atoms with Crippen LogP contribution in [0.25, 0.3) is 6.08 Å². The van der Waals surface area contributed by atoms with Crippen molar-refractivity contribution < 1.29 is 48.8 Å². The molecule has 12 nitrogen and oxygen atoms in total. The molecule has 1 saturated carbocycles. The highest BCUT2D eigenvalue weighted by atomic mass is 16.5. The zero-order valence-corrected chi connectivity index (χ0v) is 27.4. The molecule has 4 aliphatic rings. The fraction of sp³-hybridized carbons (Fsp3) is 0.289. The van der Waals surface area contributed by atoms with Crippen LogP contribution in [-0.2, 0) is 19.2 Å². The van der Waals surface area contributed by atoms with Gasteiger partial charge in [0.15, 0.2) is 11.5 Å². The van der Waals surface area contributed by atoms with Crippen LogP contribution in [0.4, 0.5) is 11.4 Å². The average Bonchev–Trinajstić information content (AvgIpc) is 3.47. The minimum Gasteiger partial charge on any atom is -0.507 e. The minimum absolute atomic E-state index is 0.0492. The Balaban J connectivity index is 1.33. The van der Waals surface area contributed by atoms with E-state index in [1.54, 1.807) is 55.5 Å². The van der Waals surface area contributed by atoms with Crippen LogP contribution in [-0.4, -0.2) is 59.1 Å². The molecular formula is C38H34N2O10. The van der Waals surface area contributed by atoms with Crippen molar-refractivity contribution in [2.45, 2.75) is 19.8 Å². The van der Waals surface area contributed by atoms with E-state index < -0.39 is 58.5 Å². The molecule has 6 atom stereocenters. The predicted molar refractivity (Wildman–Crippen MR) is 180 cm³/mol. The molecule has 2 heterocycles. The molecule has 256 valence electrons. The number of ether oxygens (including phenoxy) is 2. The summed E-state index contributed by atoms with van der Waals surface area (Å²) in [6, 6.07) is 15.4. The van der Waals surface area contributed by atoms with Crippen molar-refractivity contribution in [3.63, 3.8) is 0 Å². The molecule has 3 N–H and O–H groups in total. The third kappa shape index (κ3) is 4.69. The lowest BCUT2D eigenvalue weighted by molar-refractivity contribution is -0.132. The van der Waals surface area contributed by atoms with Crippen molar-refractivity contribution in [1.29, 1.82) is 0 Å². The van der Waals surface area contributed by atoms with E-state index in [0.29, 0.717) is 11.3 Å². The number of phenols is 2. The largest absolute Gasteiger partial charge is 0.507 e. The van der Waals surface area contributed by atoms with Gasteiger partial charge in [0.2, 0.25) is 29.4 Å². The van der Waals surface area contributed by atoms with Gasteiger partial charge >= 0.3 is 5.97 Å². The van der Waals surface area contributed by atoms with Crippen molar-refractivity contribution in [1.82, 2.24) is 0 Å². The van der Waals surface area contributed by atoms with Gasteiger partial charge < -0.3 is 24.8 Å². The molecule has 0 bridgehead atoms. The highest BCUT2D eigenvalue weighted by Gasteiger charge is 2.67. The van der Waals surface area contributed by atoms with Gasteiger partial charge in [0.1, 0.15) is 11.3 Å². The first kappa shape index (κ1) is 32.6. The number of para-hydroxylation sites is 1. The van der Waals surface area contributed by atoms with Crippen molar-refractivity contribution in [2.24, 2.45) is 35.0 Å². The Morgan fingerprint density at radius 1 is 0.860 bits per heavy atom. The molecular weight excluding hydrogens is 644 g/mol. The van der Waals surface area contributed by atoms with Crippen LogP contribution in [0.2, 0.25) is 0 Å². The number of carbonyl (C=O) groups excluding carboxylic acids is 4. The second kappa shape index (κ2) is 11.9. The van der Waals surface area contributed by atoms with Gasteiger partial charge in [0, 0.05) is 12.0 Å². The van der Waals surface area contributed by atoms with E-state index in [-0.39, 0.29) is 53.2 Å². The van der Waals surface area contributed by atoms with E-state index >= 15 is 0 Å². The molecule has 6 unspecified atom stereocenters. The topological polar surface area (TPSA) is 171 Å². The Labute approximate surface area is 286 Å². The van der Waals surface area contributed by atoms with Crippen LogP contribution >= 0.6 is 0 Å². The minimum atomic E-state index is -1.36. The van der Waals surface area contributed by atoms with E-state index in [1.807, 2.05) is 12.2 Å². The third-order valence-corrected chi connectivity index (χ3v) is 10.8. The molecule has 2 aliphatic carbocycles. The van der Waals surface area contributed by atoms with Crippen molar-refractivity contribution in [3.05, 3.63) is 89.5 Å². The molecule has 0 radical (unpaired) electrons. The van der Waals surface area contributed by atoms with Gasteiger partial charge in [-0.1, -0.05) is 42.0 Å². The Morgan fingerprint density at radius 2 is 1.54 bits per heavy atom. The monoisotopic (exact) mass is 678 g/mol. The number of imide groups is 2. The number of carboxylic acid groups (broad SMARTS) is 1. The SMILES string of the molecule is COc1cc(C=CC2C3=CCC4C(=O)N(c5ccc(C(=O)O)c(O)c5)C(=O)C4C3CC3C(=O)N(c4ccccc4)C(=O)C23C)cc(OC)c1O. The van der Waals surface area contributed by atoms with Crippen molar-refractivity contribution in [3.8, 4) is 23.0 Å². The summed E-state index contributed by atoms with van der Waals surface area (Å²) < 4.78 is 10.7. The van der Waals surface area contributed by atoms with Crippen LogP contribution in [0.15, 0.2) is 78.4 Å². The molecule has 2 aliphatic heterocycles. The molecule has 4 amide bonds. The first-order valence-electron chi connectivity index (χ1n) is 16.1. The Morgan fingerprint density at radius 3 is 2.16 bits per heavy atom. The molecule has 3 aromatic carbocycles. The Kier molecular flexibility index (Phi) is 7.77. The lowest BCUT2D eigenvalue weighted by atomic mass is 9.52. The van der Waals surface area contributed by atoms with Gasteiger partial charge in [0.25, 0.3) is 0 Å². The lowest BCUT2D eigenvalue weighted by Crippen LogP contribution is -2.49. The summed E-state index contributed by atoms with van der Waals surface area (Å²) >= 11 is 0. The normalized spacial score (nSPS) is 27.3. The molecule has 0 spiro atoms. The summed E-state index contributed by atoms with van der Waals surface area (Å²) in [6.45, 7) is 1.78. The first-order chi connectivity index (χ1) is 23.9. The highest BCUT2D eigenvalue weighted by molar-refractivity contribution is 6.25. The molecule has 7 rings (SSSR count). The van der Waals surface area contributed by atoms with E-state index in [1.165, 1.54) is 25.2 Å². The van der Waals surface area contributed by atoms with Crippen LogP contribution in [0.5, 0.6) is 23.0 Å². The number of aromatic hydroxyl groups is 2. The zero-order valence-electron chi connectivity index (χ0n) is 27.4. The summed E-state index contributed by atoms with van der Waals surface area (Å²) in [5.41, 5.74) is 0.231. The molecule has 2 saturated heterocycles. The number of benzene rings is 3. The number of rotatable bonds is 7. The van der Waals surface area contributed by atoms with E-state index in [4.69, 9.17) is 9.47 Å². The molecule has 12 heteroatoms. The maximum absolute atomic E-state index is 14.5. The fourth-order valence-electron chi connectivity index (χ4n) is 8.35. The third-order valence-electron chi connectivity index (χ3n) is 10.8. The number of amides is 4. The van der Waals surface area contributed by atoms with Crippen LogP contribution in [0.3, 0.4) is 0 Å². The predicted octanol–water partition coefficient (Wildman–Crippen LogP) is 4.79. The zero-order chi connectivity index (χ0) is 35.6. The van der Waals surface area contributed by atoms with Gasteiger partial charge in [-0.2, -0.15) is 0 Å². The van der Waals surface area contributed by atoms with Gasteiger partial charge in [0.05, 0.1) is 48.8 Å². The van der Waals surface area contributed by atoms with Gasteiger partial charge in [-0.3, -0.25) is 19.2 Å². The molecule has 50 heavy (non-hydrogen) atoms. The standard InChI is InChI=1S/C38H34N2O10/c1-38-26(14-9-19-15-29(49-2)32(42)30(16-19)50-3)22-12-13-24-31(35(45)39(33(24)43)21-10-11-23(36(46)47)28(41)17-21)25(22)18-27(38)34(44)40(37(38)48)20-7-5-4-6-8-20/h4-12,14-17,24-27,31,41-42H,13,18H2,1-3H3,(H,46,47). The number of aromatic carboxylic acids is 1. The molecule has 3 fully saturated rings. The lowest BCUT2D eigenvalue weighted by Gasteiger charge is -2.47. The van der Waals surface area contributed by atoms with Crippen molar-refractivity contribution >= 4 is 47.0 Å². The number of anilines is 2. The number of fused-ring (bicyclic) bond motifs is 4. The van der Waals surface area contributed by atoms with E-state index in [2.05, 4.69) is 0 Å². The summed E-state index contributed by atoms with van der Waals surface area (Å²) in [5.74, 6) is -7.21. The average molecular weight is 679 g/mol. The highest BCUT2D eigenvalue weighted by Crippen LogP contribution is 2.61. The summed E-state index contributed by atoms with van der Waals surface area (Å²) in [7, 11) is 2.82. The number of carbonyl (C=O) groups is 5. The van der Waals surface area contributed by atoms with Gasteiger partial charge in [-0.15, -0.1) is 0 Å². The van der Waals surface area contributed by atoms with Gasteiger partial charge in [-0.25, -0.2) is 14.6 Å². The second-order valence-electron chi connectivity index (χ2n) is 13.2. The van der Waals surface area contributed by atoms with Crippen LogP contribution < -0.4 is 19.3 Å². The van der Waals surface area contributed by atoms with Crippen molar-refractivity contribution in [2.75, 3.05) is 24.0 Å². The van der Waals surface area contributed by atoms with E-state index in [9.17, 15) is 39.3 Å². The Bertz CT molecular complexity index is 2010. The maximum Gasteiger partial charge on any atom is 0.339 e. The maximum atomic E-state index is 14.5. The number of phenolic OH excluding ortho intramolecular Hbond substituents is 1. The van der Waals surface area contributed by atoms with E-state index in [0.717, 1.165) is 22.6 Å². The number of carboxylic acids is 1. The number of hydrogen-bond donors (Lipinski definition) is 3. The number of nitrogens with zero attached hydrogens (tertiary/aromatic N) is 2. The number of allylic oxidation sites excluding steroid dienone is 3. The summed E-state index contributed by atoms with van der Waals surface area (Å²) in [4.78, 5) is 70.5. The second-order valence-corrected chi connectivity index (χ2v) is 13.2. The summed E-state index contributed by atoms with van der Waals surface area (Å²) in [6.07, 6.45) is 5.85. The molecule has 3 aromatic rings. The number of methoxy groups -OCH3 is 2. The smallest absolute Gasteiger partial charge is 0.339 e. The Hall–Kier alpha value is -5.91. The van der Waals surface area contributed by atoms with Gasteiger partial charge in [-0.05, 0) is 67.6 Å². The summed E-state index contributed by atoms with van der Waals surface area (Å²) in [5, 5.41) is 30.2. The molecule has 0 aromatic heterocycles. The quantitative estimate of drug-likeness (QED) is 0.233. The van der Waals surface area contributed by atoms with Crippen LogP contribution in [0, 0.1) is 35.0 Å². The fourth-order valence-corrected chi connectivity index (χ4v) is 8.35. The number of hydrogen-bond acceptors (Lipinski definition) is 9.